The van der Waals surface area contributed by atoms with Crippen molar-refractivity contribution in [2.75, 3.05) is 19.8 Å². The van der Waals surface area contributed by atoms with Crippen LogP contribution in [0.3, 0.4) is 0 Å². The fourth-order valence-corrected chi connectivity index (χ4v) is 4.10. The zero-order valence-electron chi connectivity index (χ0n) is 12.8. The smallest absolute Gasteiger partial charge is 0.0698 e. The minimum atomic E-state index is -0.0713. The molecule has 0 radical (unpaired) electrons. The maximum atomic E-state index is 6.59. The Bertz CT molecular complexity index is 310. The molecular formula is C15H30N2O. The Balaban J connectivity index is 2.32. The summed E-state index contributed by atoms with van der Waals surface area (Å²) in [5, 5.41) is 0. The Morgan fingerprint density at radius 2 is 1.83 bits per heavy atom. The molecule has 3 heteroatoms. The van der Waals surface area contributed by atoms with Gasteiger partial charge in [0, 0.05) is 18.1 Å². The third-order valence-corrected chi connectivity index (χ3v) is 4.94. The van der Waals surface area contributed by atoms with Gasteiger partial charge in [-0.15, -0.1) is 0 Å². The number of nitrogens with zero attached hydrogens (tertiary/aromatic N) is 1. The molecular weight excluding hydrogens is 224 g/mol. The number of hydrogen-bond donors (Lipinski definition) is 1. The van der Waals surface area contributed by atoms with E-state index < -0.39 is 0 Å². The lowest BCUT2D eigenvalue weighted by molar-refractivity contribution is -0.159. The van der Waals surface area contributed by atoms with E-state index in [9.17, 15) is 0 Å². The molecule has 3 nitrogen and oxygen atoms in total. The minimum Gasteiger partial charge on any atom is -0.377 e. The molecule has 0 bridgehead atoms. The van der Waals surface area contributed by atoms with Gasteiger partial charge in [-0.25, -0.2) is 0 Å². The van der Waals surface area contributed by atoms with Crippen molar-refractivity contribution in [3.63, 3.8) is 0 Å². The van der Waals surface area contributed by atoms with E-state index >= 15 is 0 Å². The van der Waals surface area contributed by atoms with Crippen LogP contribution in [0.15, 0.2) is 0 Å². The lowest BCUT2D eigenvalue weighted by Crippen LogP contribution is -2.66. The molecule has 0 aromatic carbocycles. The van der Waals surface area contributed by atoms with E-state index in [1.807, 2.05) is 0 Å². The summed E-state index contributed by atoms with van der Waals surface area (Å²) in [4.78, 5) is 2.66. The standard InChI is InChI=1S/C15H30N2O/c1-6-13(4)7-14(5,16)8-15(10-18-11-15)17(9-13)12(2)3/h12H,6-11,16H2,1-5H3. The highest BCUT2D eigenvalue weighted by Gasteiger charge is 2.53. The first-order chi connectivity index (χ1) is 8.22. The first-order valence-corrected chi connectivity index (χ1v) is 7.35. The summed E-state index contributed by atoms with van der Waals surface area (Å²) in [7, 11) is 0. The number of nitrogens with two attached hydrogens (primary N) is 1. The quantitative estimate of drug-likeness (QED) is 0.822. The Kier molecular flexibility index (Phi) is 3.54. The highest BCUT2D eigenvalue weighted by atomic mass is 16.5. The van der Waals surface area contributed by atoms with Crippen molar-refractivity contribution in [3.05, 3.63) is 0 Å². The second-order valence-electron chi connectivity index (χ2n) is 7.61. The summed E-state index contributed by atoms with van der Waals surface area (Å²) in [5.41, 5.74) is 7.05. The summed E-state index contributed by atoms with van der Waals surface area (Å²) in [6.07, 6.45) is 3.37. The van der Waals surface area contributed by atoms with Gasteiger partial charge in [0.2, 0.25) is 0 Å². The Hall–Kier alpha value is -0.120. The van der Waals surface area contributed by atoms with Crippen LogP contribution in [-0.2, 0) is 4.74 Å². The minimum absolute atomic E-state index is 0.0713. The van der Waals surface area contributed by atoms with Crippen LogP contribution in [0.5, 0.6) is 0 Å². The van der Waals surface area contributed by atoms with E-state index in [0.717, 1.165) is 32.6 Å². The molecule has 2 rings (SSSR count). The predicted octanol–water partition coefficient (Wildman–Crippen LogP) is 2.39. The topological polar surface area (TPSA) is 38.5 Å². The first-order valence-electron chi connectivity index (χ1n) is 7.35. The lowest BCUT2D eigenvalue weighted by atomic mass is 9.74. The van der Waals surface area contributed by atoms with Crippen molar-refractivity contribution in [1.82, 2.24) is 4.90 Å². The largest absolute Gasteiger partial charge is 0.377 e. The first kappa shape index (κ1) is 14.3. The van der Waals surface area contributed by atoms with Crippen molar-refractivity contribution >= 4 is 0 Å². The van der Waals surface area contributed by atoms with E-state index in [1.165, 1.54) is 6.42 Å². The fraction of sp³-hybridized carbons (Fsp3) is 1.00. The van der Waals surface area contributed by atoms with Gasteiger partial charge in [0.1, 0.15) is 0 Å². The van der Waals surface area contributed by atoms with E-state index in [0.29, 0.717) is 11.5 Å². The molecule has 0 amide bonds. The van der Waals surface area contributed by atoms with Crippen LogP contribution in [0.25, 0.3) is 0 Å². The molecule has 18 heavy (non-hydrogen) atoms. The summed E-state index contributed by atoms with van der Waals surface area (Å²) in [6.45, 7) is 14.4. The lowest BCUT2D eigenvalue weighted by Gasteiger charge is -2.53. The van der Waals surface area contributed by atoms with E-state index in [1.54, 1.807) is 0 Å². The van der Waals surface area contributed by atoms with Crippen LogP contribution >= 0.6 is 0 Å². The molecule has 106 valence electrons. The third-order valence-electron chi connectivity index (χ3n) is 4.94. The van der Waals surface area contributed by atoms with Gasteiger partial charge >= 0.3 is 0 Å². The molecule has 2 aliphatic rings. The fourth-order valence-electron chi connectivity index (χ4n) is 4.10. The highest BCUT2D eigenvalue weighted by molar-refractivity contribution is 5.08. The molecule has 0 aliphatic carbocycles. The molecule has 2 atom stereocenters. The van der Waals surface area contributed by atoms with Crippen molar-refractivity contribution in [2.45, 2.75) is 71.0 Å². The molecule has 2 saturated heterocycles. The molecule has 0 saturated carbocycles. The van der Waals surface area contributed by atoms with Crippen LogP contribution in [0, 0.1) is 5.41 Å². The van der Waals surface area contributed by atoms with Crippen molar-refractivity contribution < 1.29 is 4.74 Å². The molecule has 1 spiro atoms. The van der Waals surface area contributed by atoms with Crippen LogP contribution in [0.2, 0.25) is 0 Å². The molecule has 2 N–H and O–H groups in total. The zero-order valence-corrected chi connectivity index (χ0v) is 12.8. The Morgan fingerprint density at radius 3 is 2.22 bits per heavy atom. The van der Waals surface area contributed by atoms with Gasteiger partial charge in [-0.05, 0) is 45.4 Å². The maximum Gasteiger partial charge on any atom is 0.0698 e. The molecule has 2 aliphatic heterocycles. The number of rotatable bonds is 2. The average Bonchev–Trinajstić information content (AvgIpc) is 2.29. The van der Waals surface area contributed by atoms with Gasteiger partial charge in [0.25, 0.3) is 0 Å². The monoisotopic (exact) mass is 254 g/mol. The second kappa shape index (κ2) is 4.46. The number of hydrogen-bond acceptors (Lipinski definition) is 3. The summed E-state index contributed by atoms with van der Waals surface area (Å²) in [5.74, 6) is 0. The second-order valence-corrected chi connectivity index (χ2v) is 7.61. The van der Waals surface area contributed by atoms with Gasteiger partial charge < -0.3 is 10.5 Å². The predicted molar refractivity (Wildman–Crippen MR) is 75.6 cm³/mol. The molecule has 0 aromatic heterocycles. The number of ether oxygens (including phenoxy) is 1. The zero-order chi connectivity index (χ0) is 13.6. The van der Waals surface area contributed by atoms with Gasteiger partial charge in [-0.3, -0.25) is 4.90 Å². The normalized spacial score (nSPS) is 40.8. The van der Waals surface area contributed by atoms with Crippen LogP contribution in [-0.4, -0.2) is 41.8 Å². The average molecular weight is 254 g/mol. The molecule has 2 heterocycles. The van der Waals surface area contributed by atoms with Gasteiger partial charge in [0.05, 0.1) is 18.8 Å². The van der Waals surface area contributed by atoms with Crippen LogP contribution in [0.1, 0.15) is 53.9 Å². The maximum absolute atomic E-state index is 6.59. The molecule has 2 unspecified atom stereocenters. The van der Waals surface area contributed by atoms with E-state index in [2.05, 4.69) is 39.5 Å². The molecule has 2 fully saturated rings. The van der Waals surface area contributed by atoms with E-state index in [4.69, 9.17) is 10.5 Å². The summed E-state index contributed by atoms with van der Waals surface area (Å²) in [6, 6.07) is 0.564. The van der Waals surface area contributed by atoms with Gasteiger partial charge in [-0.1, -0.05) is 13.8 Å². The van der Waals surface area contributed by atoms with E-state index in [-0.39, 0.29) is 11.1 Å². The highest BCUT2D eigenvalue weighted by Crippen LogP contribution is 2.45. The van der Waals surface area contributed by atoms with Crippen molar-refractivity contribution in [1.29, 1.82) is 0 Å². The van der Waals surface area contributed by atoms with Gasteiger partial charge in [0.15, 0.2) is 0 Å². The Labute approximate surface area is 112 Å². The Morgan fingerprint density at radius 1 is 1.22 bits per heavy atom. The number of likely N-dealkylation sites (tertiary alicyclic amines) is 1. The molecule has 0 aromatic rings. The summed E-state index contributed by atoms with van der Waals surface area (Å²) < 4.78 is 5.55. The van der Waals surface area contributed by atoms with Crippen molar-refractivity contribution in [3.8, 4) is 0 Å². The van der Waals surface area contributed by atoms with Gasteiger partial charge in [-0.2, -0.15) is 0 Å². The van der Waals surface area contributed by atoms with Crippen molar-refractivity contribution in [2.24, 2.45) is 11.1 Å². The third kappa shape index (κ3) is 2.45. The van der Waals surface area contributed by atoms with Crippen LogP contribution < -0.4 is 5.73 Å². The SMILES string of the molecule is CCC1(C)CN(C(C)C)C2(COC2)CC(C)(N)C1. The van der Waals surface area contributed by atoms with Crippen LogP contribution in [0.4, 0.5) is 0 Å². The summed E-state index contributed by atoms with van der Waals surface area (Å²) >= 11 is 0.